The van der Waals surface area contributed by atoms with Gasteiger partial charge in [-0.25, -0.2) is 9.18 Å². The zero-order valence-corrected chi connectivity index (χ0v) is 19.1. The lowest BCUT2D eigenvalue weighted by atomic mass is 9.80. The number of nitrogens with zero attached hydrogens (tertiary/aromatic N) is 1. The van der Waals surface area contributed by atoms with Crippen molar-refractivity contribution < 1.29 is 13.9 Å². The molecule has 0 aliphatic carbocycles. The lowest BCUT2D eigenvalue weighted by Gasteiger charge is -2.27. The second-order valence-electron chi connectivity index (χ2n) is 9.09. The van der Waals surface area contributed by atoms with Gasteiger partial charge in [0, 0.05) is 22.6 Å². The molecular weight excluding hydrogens is 453 g/mol. The van der Waals surface area contributed by atoms with Crippen LogP contribution in [0.1, 0.15) is 17.0 Å². The van der Waals surface area contributed by atoms with E-state index in [0.29, 0.717) is 5.57 Å². The quantitative estimate of drug-likeness (QED) is 0.298. The maximum Gasteiger partial charge on any atom is 0.337 e. The molecule has 5 nitrogen and oxygen atoms in total. The molecule has 4 aromatic carbocycles. The van der Waals surface area contributed by atoms with Gasteiger partial charge in [-0.2, -0.15) is 5.10 Å². The minimum atomic E-state index is -0.287. The monoisotopic (exact) mass is 473 g/mol. The van der Waals surface area contributed by atoms with Gasteiger partial charge in [0.25, 0.3) is 0 Å². The first-order chi connectivity index (χ1) is 17.7. The van der Waals surface area contributed by atoms with E-state index >= 15 is 0 Å². The maximum absolute atomic E-state index is 13.3. The third-order valence-corrected chi connectivity index (χ3v) is 7.05. The average Bonchev–Trinajstić information content (AvgIpc) is 3.55. The lowest BCUT2D eigenvalue weighted by molar-refractivity contribution is -0.136. The van der Waals surface area contributed by atoms with Crippen molar-refractivity contribution in [2.45, 2.75) is 5.92 Å². The number of benzene rings is 4. The molecule has 0 radical (unpaired) electrons. The normalized spacial score (nSPS) is 16.5. The van der Waals surface area contributed by atoms with Gasteiger partial charge in [-0.3, -0.25) is 5.10 Å². The summed E-state index contributed by atoms with van der Waals surface area (Å²) in [5, 5.41) is 11.7. The van der Waals surface area contributed by atoms with Gasteiger partial charge in [0.05, 0.1) is 23.0 Å². The van der Waals surface area contributed by atoms with Crippen LogP contribution >= 0.6 is 0 Å². The number of rotatable bonds is 3. The zero-order valence-electron chi connectivity index (χ0n) is 19.1. The van der Waals surface area contributed by atoms with Gasteiger partial charge in [-0.15, -0.1) is 0 Å². The largest absolute Gasteiger partial charge is 0.456 e. The first kappa shape index (κ1) is 20.6. The Morgan fingerprint density at radius 1 is 0.806 bits per heavy atom. The van der Waals surface area contributed by atoms with Crippen molar-refractivity contribution in [1.82, 2.24) is 10.2 Å². The molecule has 0 bridgehead atoms. The number of ether oxygens (including phenoxy) is 1. The van der Waals surface area contributed by atoms with E-state index in [1.807, 2.05) is 24.3 Å². The molecule has 0 saturated carbocycles. The molecule has 2 aliphatic heterocycles. The Kier molecular flexibility index (Phi) is 4.54. The molecule has 1 unspecified atom stereocenters. The highest BCUT2D eigenvalue weighted by Crippen LogP contribution is 2.47. The number of hydrogen-bond donors (Lipinski definition) is 2. The SMILES string of the molecule is O=C1OCC2=C1C(c1ccc(-c3ccc(-c4ccc(F)cc4)cc3)cc1)c1c(ccc3cn[nH]c13)N2. The molecule has 174 valence electrons. The average molecular weight is 474 g/mol. The van der Waals surface area contributed by atoms with Crippen molar-refractivity contribution in [3.8, 4) is 22.3 Å². The molecule has 1 aromatic heterocycles. The molecule has 3 heterocycles. The molecule has 36 heavy (non-hydrogen) atoms. The number of cyclic esters (lactones) is 1. The smallest absolute Gasteiger partial charge is 0.337 e. The van der Waals surface area contributed by atoms with Crippen molar-refractivity contribution >= 4 is 22.6 Å². The van der Waals surface area contributed by atoms with Crippen LogP contribution in [0.4, 0.5) is 10.1 Å². The zero-order chi connectivity index (χ0) is 24.2. The van der Waals surface area contributed by atoms with Crippen LogP contribution in [0.2, 0.25) is 0 Å². The van der Waals surface area contributed by atoms with Crippen molar-refractivity contribution in [2.24, 2.45) is 0 Å². The summed E-state index contributed by atoms with van der Waals surface area (Å²) in [4.78, 5) is 12.8. The van der Waals surface area contributed by atoms with Crippen molar-refractivity contribution in [1.29, 1.82) is 0 Å². The van der Waals surface area contributed by atoms with Crippen LogP contribution in [-0.4, -0.2) is 22.8 Å². The molecular formula is C30H20FN3O2. The van der Waals surface area contributed by atoms with Crippen LogP contribution in [0.3, 0.4) is 0 Å². The summed E-state index contributed by atoms with van der Waals surface area (Å²) in [5.74, 6) is -0.788. The number of nitrogens with one attached hydrogen (secondary N) is 2. The number of aromatic amines is 1. The van der Waals surface area contributed by atoms with Gasteiger partial charge >= 0.3 is 5.97 Å². The highest BCUT2D eigenvalue weighted by molar-refractivity contribution is 6.00. The lowest BCUT2D eigenvalue weighted by Crippen LogP contribution is -2.20. The van der Waals surface area contributed by atoms with Crippen LogP contribution < -0.4 is 5.32 Å². The van der Waals surface area contributed by atoms with Gasteiger partial charge < -0.3 is 10.1 Å². The van der Waals surface area contributed by atoms with Crippen LogP contribution in [-0.2, 0) is 9.53 Å². The highest BCUT2D eigenvalue weighted by atomic mass is 19.1. The van der Waals surface area contributed by atoms with Gasteiger partial charge in [0.2, 0.25) is 0 Å². The van der Waals surface area contributed by atoms with E-state index < -0.39 is 0 Å². The maximum atomic E-state index is 13.3. The van der Waals surface area contributed by atoms with Crippen molar-refractivity contribution in [3.05, 3.63) is 119 Å². The van der Waals surface area contributed by atoms with E-state index in [1.54, 1.807) is 18.3 Å². The number of carbonyl (C=O) groups excluding carboxylic acids is 1. The summed E-state index contributed by atoms with van der Waals surface area (Å²) in [7, 11) is 0. The van der Waals surface area contributed by atoms with Gasteiger partial charge in [0.1, 0.15) is 12.4 Å². The Labute approximate surface area is 206 Å². The Bertz CT molecular complexity index is 1670. The molecule has 2 N–H and O–H groups in total. The number of H-pyrrole nitrogens is 1. The Morgan fingerprint density at radius 3 is 2.08 bits per heavy atom. The van der Waals surface area contributed by atoms with E-state index in [0.717, 1.165) is 55.7 Å². The number of hydrogen-bond acceptors (Lipinski definition) is 4. The fourth-order valence-electron chi connectivity index (χ4n) is 5.26. The molecule has 1 atom stereocenters. The number of halogens is 1. The molecule has 0 fully saturated rings. The van der Waals surface area contributed by atoms with Crippen LogP contribution in [0.5, 0.6) is 0 Å². The summed E-state index contributed by atoms with van der Waals surface area (Å²) < 4.78 is 18.7. The van der Waals surface area contributed by atoms with E-state index in [4.69, 9.17) is 4.74 Å². The summed E-state index contributed by atoms with van der Waals surface area (Å²) >= 11 is 0. The Morgan fingerprint density at radius 2 is 1.42 bits per heavy atom. The van der Waals surface area contributed by atoms with E-state index in [9.17, 15) is 9.18 Å². The molecule has 5 aromatic rings. The predicted octanol–water partition coefficient (Wildman–Crippen LogP) is 6.40. The Balaban J connectivity index is 1.27. The van der Waals surface area contributed by atoms with Crippen LogP contribution in [0.25, 0.3) is 33.2 Å². The summed E-state index contributed by atoms with van der Waals surface area (Å²) in [6, 6.07) is 27.1. The van der Waals surface area contributed by atoms with Crippen LogP contribution in [0, 0.1) is 5.82 Å². The van der Waals surface area contributed by atoms with E-state index in [1.165, 1.54) is 12.1 Å². The number of carbonyl (C=O) groups is 1. The standard InChI is InChI=1S/C30H20FN3O2/c31-23-12-9-20(10-13-23)18-3-1-17(2-4-18)19-5-7-21(8-6-19)26-27-24(14-11-22-15-32-34-29(22)27)33-25-16-36-30(35)28(25)26/h1-15,26,33H,16H2,(H,32,34). The third-order valence-electron chi connectivity index (χ3n) is 7.05. The molecule has 6 heteroatoms. The first-order valence-corrected chi connectivity index (χ1v) is 11.8. The Hall–Kier alpha value is -4.71. The minimum absolute atomic E-state index is 0.242. The second kappa shape index (κ2) is 7.92. The van der Waals surface area contributed by atoms with E-state index in [-0.39, 0.29) is 24.3 Å². The molecule has 2 aliphatic rings. The van der Waals surface area contributed by atoms with Crippen LogP contribution in [0.15, 0.2) is 102 Å². The molecule has 0 spiro atoms. The molecule has 0 saturated heterocycles. The number of anilines is 1. The fourth-order valence-corrected chi connectivity index (χ4v) is 5.26. The summed E-state index contributed by atoms with van der Waals surface area (Å²) in [5.41, 5.74) is 9.50. The highest BCUT2D eigenvalue weighted by Gasteiger charge is 2.39. The van der Waals surface area contributed by atoms with Gasteiger partial charge in [0.15, 0.2) is 0 Å². The number of aromatic nitrogens is 2. The fraction of sp³-hybridized carbons (Fsp3) is 0.0667. The number of esters is 1. The predicted molar refractivity (Wildman–Crippen MR) is 137 cm³/mol. The van der Waals surface area contributed by atoms with E-state index in [2.05, 4.69) is 51.9 Å². The topological polar surface area (TPSA) is 67.0 Å². The van der Waals surface area contributed by atoms with Gasteiger partial charge in [-0.1, -0.05) is 60.7 Å². The molecule has 7 rings (SSSR count). The van der Waals surface area contributed by atoms with Crippen molar-refractivity contribution in [2.75, 3.05) is 11.9 Å². The summed E-state index contributed by atoms with van der Waals surface area (Å²) in [6.07, 6.45) is 1.79. The summed E-state index contributed by atoms with van der Waals surface area (Å²) in [6.45, 7) is 0.254. The number of fused-ring (bicyclic) bond motifs is 3. The van der Waals surface area contributed by atoms with Crippen molar-refractivity contribution in [3.63, 3.8) is 0 Å². The third kappa shape index (κ3) is 3.22. The first-order valence-electron chi connectivity index (χ1n) is 11.8. The molecule has 0 amide bonds. The second-order valence-corrected chi connectivity index (χ2v) is 9.09. The minimum Gasteiger partial charge on any atom is -0.456 e. The van der Waals surface area contributed by atoms with Gasteiger partial charge in [-0.05, 0) is 52.1 Å².